The highest BCUT2D eigenvalue weighted by atomic mass is 79.9. The van der Waals surface area contributed by atoms with E-state index >= 15 is 0 Å². The predicted octanol–water partition coefficient (Wildman–Crippen LogP) is 2.99. The van der Waals surface area contributed by atoms with Crippen LogP contribution in [0.15, 0.2) is 28.9 Å². The minimum Gasteiger partial charge on any atom is -0.389 e. The van der Waals surface area contributed by atoms with Gasteiger partial charge in [0.15, 0.2) is 0 Å². The molecule has 2 aromatic rings. The average Bonchev–Trinajstić information content (AvgIpc) is 2.76. The Hall–Kier alpha value is -1.40. The van der Waals surface area contributed by atoms with Crippen molar-refractivity contribution in [3.63, 3.8) is 0 Å². The molecule has 0 bridgehead atoms. The smallest absolute Gasteiger partial charge is 0.106 e. The van der Waals surface area contributed by atoms with E-state index in [1.165, 1.54) is 5.56 Å². The van der Waals surface area contributed by atoms with Crippen LogP contribution in [0.5, 0.6) is 0 Å². The van der Waals surface area contributed by atoms with E-state index in [1.807, 2.05) is 36.1 Å². The van der Waals surface area contributed by atoms with Gasteiger partial charge in [0.05, 0.1) is 5.69 Å². The minimum absolute atomic E-state index is 0.391. The summed E-state index contributed by atoms with van der Waals surface area (Å²) in [5.41, 5.74) is 9.82. The number of rotatable bonds is 5. The van der Waals surface area contributed by atoms with Crippen molar-refractivity contribution in [3.05, 3.63) is 45.7 Å². The lowest BCUT2D eigenvalue weighted by Crippen LogP contribution is -2.13. The predicted molar refractivity (Wildman–Crippen MR) is 89.9 cm³/mol. The molecule has 4 nitrogen and oxygen atoms in total. The third-order valence-electron chi connectivity index (χ3n) is 3.04. The number of halogens is 1. The molecule has 3 N–H and O–H groups in total. The van der Waals surface area contributed by atoms with Crippen molar-refractivity contribution < 1.29 is 0 Å². The summed E-state index contributed by atoms with van der Waals surface area (Å²) >= 11 is 8.55. The summed E-state index contributed by atoms with van der Waals surface area (Å²) < 4.78 is 2.83. The van der Waals surface area contributed by atoms with Crippen molar-refractivity contribution in [2.45, 2.75) is 19.9 Å². The number of nitrogens with zero attached hydrogens (tertiary/aromatic N) is 2. The van der Waals surface area contributed by atoms with E-state index < -0.39 is 0 Å². The van der Waals surface area contributed by atoms with Gasteiger partial charge in [-0.1, -0.05) is 35.1 Å². The Labute approximate surface area is 132 Å². The number of benzene rings is 1. The molecule has 6 heteroatoms. The molecule has 0 aliphatic rings. The normalized spacial score (nSPS) is 10.6. The zero-order valence-corrected chi connectivity index (χ0v) is 13.9. The van der Waals surface area contributed by atoms with E-state index in [4.69, 9.17) is 18.0 Å². The Kier molecular flexibility index (Phi) is 4.77. The van der Waals surface area contributed by atoms with Gasteiger partial charge < -0.3 is 11.1 Å². The summed E-state index contributed by atoms with van der Waals surface area (Å²) in [6, 6.07) is 5.83. The summed E-state index contributed by atoms with van der Waals surface area (Å²) in [5, 5.41) is 7.82. The van der Waals surface area contributed by atoms with Gasteiger partial charge in [0.25, 0.3) is 0 Å². The highest BCUT2D eigenvalue weighted by Gasteiger charge is 2.09. The van der Waals surface area contributed by atoms with Crippen molar-refractivity contribution in [1.29, 1.82) is 0 Å². The molecular weight excluding hydrogens is 336 g/mol. The molecular formula is C14H17BrN4S. The summed E-state index contributed by atoms with van der Waals surface area (Å²) in [5.74, 6) is 0. The van der Waals surface area contributed by atoms with Crippen molar-refractivity contribution in [2.75, 3.05) is 5.32 Å². The van der Waals surface area contributed by atoms with Gasteiger partial charge in [-0.25, -0.2) is 0 Å². The first-order valence-electron chi connectivity index (χ1n) is 6.36. The quantitative estimate of drug-likeness (QED) is 0.812. The molecule has 106 valence electrons. The Balaban J connectivity index is 2.22. The van der Waals surface area contributed by atoms with Crippen molar-refractivity contribution in [3.8, 4) is 0 Å². The zero-order valence-electron chi connectivity index (χ0n) is 11.5. The summed E-state index contributed by atoms with van der Waals surface area (Å²) in [4.78, 5) is 0.391. The van der Waals surface area contributed by atoms with Crippen LogP contribution in [0.3, 0.4) is 0 Å². The maximum absolute atomic E-state index is 5.75. The molecule has 0 radical (unpaired) electrons. The molecule has 0 unspecified atom stereocenters. The van der Waals surface area contributed by atoms with E-state index in [-0.39, 0.29) is 0 Å². The number of nitrogens with two attached hydrogens (primary N) is 1. The lowest BCUT2D eigenvalue weighted by molar-refractivity contribution is 0.746. The topological polar surface area (TPSA) is 55.9 Å². The molecule has 2 rings (SSSR count). The molecule has 0 saturated carbocycles. The van der Waals surface area contributed by atoms with Crippen LogP contribution in [0.4, 0.5) is 5.69 Å². The second kappa shape index (κ2) is 6.37. The van der Waals surface area contributed by atoms with E-state index in [0.29, 0.717) is 11.5 Å². The second-order valence-electron chi connectivity index (χ2n) is 4.54. The van der Waals surface area contributed by atoms with Crippen molar-refractivity contribution in [1.82, 2.24) is 9.78 Å². The van der Waals surface area contributed by atoms with Crippen LogP contribution in [-0.4, -0.2) is 14.8 Å². The van der Waals surface area contributed by atoms with Crippen LogP contribution in [0.2, 0.25) is 0 Å². The molecule has 0 aliphatic heterocycles. The molecule has 1 aromatic carbocycles. The Bertz CT molecular complexity index is 636. The maximum Gasteiger partial charge on any atom is 0.106 e. The molecule has 0 saturated heterocycles. The number of thiocarbonyl (C=S) groups is 1. The first kappa shape index (κ1) is 15.0. The second-order valence-corrected chi connectivity index (χ2v) is 5.89. The van der Waals surface area contributed by atoms with Gasteiger partial charge in [-0.3, -0.25) is 4.68 Å². The summed E-state index contributed by atoms with van der Waals surface area (Å²) in [6.07, 6.45) is 2.95. The number of hydrogen-bond acceptors (Lipinski definition) is 3. The third kappa shape index (κ3) is 3.37. The molecule has 1 aromatic heterocycles. The van der Waals surface area contributed by atoms with Crippen LogP contribution >= 0.6 is 28.1 Å². The molecule has 20 heavy (non-hydrogen) atoms. The molecule has 0 atom stereocenters. The standard InChI is InChI=1S/C14H17BrN4S/c1-3-12-9(8-19(2)18-12)7-17-13-6-10(15)4-5-11(13)14(16)20/h4-6,8,17H,3,7H2,1-2H3,(H2,16,20). The maximum atomic E-state index is 5.75. The Morgan fingerprint density at radius 2 is 2.25 bits per heavy atom. The minimum atomic E-state index is 0.391. The number of nitrogens with one attached hydrogen (secondary N) is 1. The molecule has 0 fully saturated rings. The van der Waals surface area contributed by atoms with Gasteiger partial charge in [0, 0.05) is 41.1 Å². The first-order valence-corrected chi connectivity index (χ1v) is 7.56. The van der Waals surface area contributed by atoms with Crippen LogP contribution < -0.4 is 11.1 Å². The average molecular weight is 353 g/mol. The van der Waals surface area contributed by atoms with Gasteiger partial charge in [-0.2, -0.15) is 5.10 Å². The Morgan fingerprint density at radius 1 is 1.50 bits per heavy atom. The van der Waals surface area contributed by atoms with Crippen molar-refractivity contribution >= 4 is 38.8 Å². The summed E-state index contributed by atoms with van der Waals surface area (Å²) in [6.45, 7) is 2.80. The highest BCUT2D eigenvalue weighted by Crippen LogP contribution is 2.22. The third-order valence-corrected chi connectivity index (χ3v) is 3.76. The SMILES string of the molecule is CCc1nn(C)cc1CNc1cc(Br)ccc1C(N)=S. The van der Waals surface area contributed by atoms with E-state index in [1.54, 1.807) is 0 Å². The number of aromatic nitrogens is 2. The number of aryl methyl sites for hydroxylation is 2. The van der Waals surface area contributed by atoms with Gasteiger partial charge in [-0.05, 0) is 24.6 Å². The fourth-order valence-electron chi connectivity index (χ4n) is 2.10. The molecule has 0 spiro atoms. The largest absolute Gasteiger partial charge is 0.389 e. The van der Waals surface area contributed by atoms with E-state index in [2.05, 4.69) is 33.3 Å². The first-order chi connectivity index (χ1) is 9.51. The highest BCUT2D eigenvalue weighted by molar-refractivity contribution is 9.10. The molecule has 0 aliphatic carbocycles. The van der Waals surface area contributed by atoms with E-state index in [9.17, 15) is 0 Å². The molecule has 0 amide bonds. The number of hydrogen-bond donors (Lipinski definition) is 2. The van der Waals surface area contributed by atoms with Gasteiger partial charge in [0.2, 0.25) is 0 Å². The monoisotopic (exact) mass is 352 g/mol. The van der Waals surface area contributed by atoms with Crippen LogP contribution in [-0.2, 0) is 20.0 Å². The fourth-order valence-corrected chi connectivity index (χ4v) is 2.64. The van der Waals surface area contributed by atoms with Crippen LogP contribution in [0.25, 0.3) is 0 Å². The number of anilines is 1. The molecule has 1 heterocycles. The van der Waals surface area contributed by atoms with Crippen LogP contribution in [0, 0.1) is 0 Å². The lowest BCUT2D eigenvalue weighted by Gasteiger charge is -2.11. The van der Waals surface area contributed by atoms with E-state index in [0.717, 1.165) is 27.8 Å². The fraction of sp³-hybridized carbons (Fsp3) is 0.286. The van der Waals surface area contributed by atoms with Crippen LogP contribution in [0.1, 0.15) is 23.7 Å². The lowest BCUT2D eigenvalue weighted by atomic mass is 10.1. The van der Waals surface area contributed by atoms with Gasteiger partial charge in [0.1, 0.15) is 4.99 Å². The van der Waals surface area contributed by atoms with Crippen molar-refractivity contribution in [2.24, 2.45) is 12.8 Å². The van der Waals surface area contributed by atoms with Gasteiger partial charge >= 0.3 is 0 Å². The Morgan fingerprint density at radius 3 is 2.90 bits per heavy atom. The van der Waals surface area contributed by atoms with Gasteiger partial charge in [-0.15, -0.1) is 0 Å². The zero-order chi connectivity index (χ0) is 14.7. The summed E-state index contributed by atoms with van der Waals surface area (Å²) in [7, 11) is 1.93.